The van der Waals surface area contributed by atoms with Crippen LogP contribution < -0.4 is 10.6 Å². The quantitative estimate of drug-likeness (QED) is 0.260. The van der Waals surface area contributed by atoms with Gasteiger partial charge >= 0.3 is 6.09 Å². The first kappa shape index (κ1) is 40.2. The van der Waals surface area contributed by atoms with Crippen LogP contribution in [0.2, 0.25) is 0 Å². The van der Waals surface area contributed by atoms with E-state index in [9.17, 15) is 24.3 Å². The number of β-amino-alcohol motifs (C(OH)–C–C–N with tert-alkyl or cyclic N) is 1. The number of benzene rings is 1. The fraction of sp³-hybridized carbons (Fsp3) is 0.649. The van der Waals surface area contributed by atoms with Gasteiger partial charge in [0.15, 0.2) is 0 Å². The molecule has 3 N–H and O–H groups in total. The van der Waals surface area contributed by atoms with E-state index >= 15 is 0 Å². The number of ether oxygens (including phenoxy) is 3. The Kier molecular flexibility index (Phi) is 14.0. The number of hydrogen-bond acceptors (Lipinski definition) is 10. The van der Waals surface area contributed by atoms with Gasteiger partial charge in [-0.25, -0.2) is 9.78 Å². The molecule has 2 aliphatic rings. The van der Waals surface area contributed by atoms with Crippen LogP contribution in [0.15, 0.2) is 29.8 Å². The van der Waals surface area contributed by atoms with Crippen LogP contribution in [0.1, 0.15) is 72.1 Å². The minimum absolute atomic E-state index is 0.00383. The monoisotopic (exact) mass is 729 g/mol. The van der Waals surface area contributed by atoms with E-state index in [4.69, 9.17) is 14.2 Å². The van der Waals surface area contributed by atoms with Crippen molar-refractivity contribution in [3.05, 3.63) is 41.0 Å². The smallest absolute Gasteiger partial charge is 0.410 e. The van der Waals surface area contributed by atoms with E-state index in [0.717, 1.165) is 34.5 Å². The van der Waals surface area contributed by atoms with Crippen molar-refractivity contribution in [2.24, 2.45) is 11.3 Å². The second-order valence-electron chi connectivity index (χ2n) is 15.5. The standard InChI is InChI=1S/C37H55N5O8S/c1-24-31(51-23-39-24)27-10-8-25(9-11-27)19-38-33(45)29-18-28(43)20-42(29)34(46)32(36(2,3)4)40-30(44)22-49-17-16-48-21-26-12-14-41(15-13-26)35(47)50-37(5,6)7/h8-11,23,26,28-29,32,43H,12-22H2,1-7H3,(H,38,45)(H,40,44)/t28-,29+,32-/m1/s1. The van der Waals surface area contributed by atoms with Crippen molar-refractivity contribution in [3.8, 4) is 10.4 Å². The van der Waals surface area contributed by atoms with Crippen molar-refractivity contribution in [1.82, 2.24) is 25.4 Å². The first-order valence-corrected chi connectivity index (χ1v) is 18.6. The van der Waals surface area contributed by atoms with E-state index < -0.39 is 41.0 Å². The van der Waals surface area contributed by atoms with Crippen LogP contribution in [0.4, 0.5) is 4.79 Å². The Bertz CT molecular complexity index is 1480. The van der Waals surface area contributed by atoms with Crippen molar-refractivity contribution < 1.29 is 38.5 Å². The van der Waals surface area contributed by atoms with Crippen molar-refractivity contribution in [1.29, 1.82) is 0 Å². The fourth-order valence-corrected chi connectivity index (χ4v) is 6.94. The van der Waals surface area contributed by atoms with Gasteiger partial charge in [0.2, 0.25) is 17.7 Å². The first-order chi connectivity index (χ1) is 24.0. The molecule has 13 nitrogen and oxygen atoms in total. The highest BCUT2D eigenvalue weighted by atomic mass is 32.1. The SMILES string of the molecule is Cc1ncsc1-c1ccc(CNC(=O)[C@@H]2C[C@@H](O)CN2C(=O)[C@@H](NC(=O)COCCOCC2CCN(C(=O)OC(C)(C)C)CC2)C(C)(C)C)cc1. The van der Waals surface area contributed by atoms with Crippen LogP contribution in [-0.2, 0) is 35.1 Å². The number of aryl methyl sites for hydroxylation is 1. The molecule has 51 heavy (non-hydrogen) atoms. The van der Waals surface area contributed by atoms with Crippen molar-refractivity contribution in [3.63, 3.8) is 0 Å². The molecular formula is C37H55N5O8S. The number of aliphatic hydroxyl groups excluding tert-OH is 1. The highest BCUT2D eigenvalue weighted by molar-refractivity contribution is 7.13. The van der Waals surface area contributed by atoms with E-state index in [2.05, 4.69) is 15.6 Å². The summed E-state index contributed by atoms with van der Waals surface area (Å²) in [5.41, 5.74) is 3.54. The molecular weight excluding hydrogens is 675 g/mol. The maximum absolute atomic E-state index is 13.9. The molecule has 0 saturated carbocycles. The maximum atomic E-state index is 13.9. The van der Waals surface area contributed by atoms with Gasteiger partial charge in [-0.2, -0.15) is 0 Å². The number of likely N-dealkylation sites (tertiary alicyclic amines) is 2. The molecule has 2 aromatic rings. The molecule has 1 aromatic heterocycles. The molecule has 0 spiro atoms. The summed E-state index contributed by atoms with van der Waals surface area (Å²) >= 11 is 1.57. The number of carbonyl (C=O) groups excluding carboxylic acids is 4. The molecule has 0 radical (unpaired) electrons. The van der Waals surface area contributed by atoms with E-state index in [-0.39, 0.29) is 44.7 Å². The number of rotatable bonds is 13. The van der Waals surface area contributed by atoms with Crippen molar-refractivity contribution >= 4 is 35.2 Å². The second-order valence-corrected chi connectivity index (χ2v) is 16.3. The average Bonchev–Trinajstić information content (AvgIpc) is 3.68. The minimum Gasteiger partial charge on any atom is -0.444 e. The zero-order valence-electron chi connectivity index (χ0n) is 31.0. The Morgan fingerprint density at radius 2 is 1.69 bits per heavy atom. The number of nitrogens with zero attached hydrogens (tertiary/aromatic N) is 3. The number of piperidine rings is 1. The molecule has 4 rings (SSSR count). The van der Waals surface area contributed by atoms with Crippen LogP contribution in [0, 0.1) is 18.3 Å². The van der Waals surface area contributed by atoms with E-state index in [1.54, 1.807) is 16.2 Å². The highest BCUT2D eigenvalue weighted by Gasteiger charge is 2.44. The van der Waals surface area contributed by atoms with E-state index in [1.807, 2.05) is 78.2 Å². The molecule has 14 heteroatoms. The van der Waals surface area contributed by atoms with Gasteiger partial charge in [-0.15, -0.1) is 11.3 Å². The number of thiazole rings is 1. The zero-order chi connectivity index (χ0) is 37.3. The molecule has 4 amide bonds. The van der Waals surface area contributed by atoms with Gasteiger partial charge in [0.05, 0.1) is 35.4 Å². The van der Waals surface area contributed by atoms with Crippen molar-refractivity contribution in [2.75, 3.05) is 46.1 Å². The zero-order valence-corrected chi connectivity index (χ0v) is 31.8. The first-order valence-electron chi connectivity index (χ1n) is 17.7. The predicted molar refractivity (Wildman–Crippen MR) is 194 cm³/mol. The van der Waals surface area contributed by atoms with E-state index in [0.29, 0.717) is 32.2 Å². The Labute approximate surface area is 305 Å². The molecule has 0 bridgehead atoms. The lowest BCUT2D eigenvalue weighted by atomic mass is 9.85. The maximum Gasteiger partial charge on any atom is 0.410 e. The molecule has 282 valence electrons. The Morgan fingerprint density at radius 3 is 2.29 bits per heavy atom. The molecule has 2 saturated heterocycles. The molecule has 1 aromatic carbocycles. The van der Waals surface area contributed by atoms with Crippen LogP contribution in [-0.4, -0.2) is 114 Å². The fourth-order valence-electron chi connectivity index (χ4n) is 6.12. The minimum atomic E-state index is -0.945. The molecule has 3 heterocycles. The van der Waals surface area contributed by atoms with Gasteiger partial charge in [-0.1, -0.05) is 45.0 Å². The van der Waals surface area contributed by atoms with Crippen molar-refractivity contribution in [2.45, 2.75) is 98.1 Å². The van der Waals surface area contributed by atoms with Gasteiger partial charge < -0.3 is 39.8 Å². The van der Waals surface area contributed by atoms with Gasteiger partial charge in [0.1, 0.15) is 24.3 Å². The third-order valence-electron chi connectivity index (χ3n) is 8.94. The van der Waals surface area contributed by atoms with Crippen LogP contribution >= 0.6 is 11.3 Å². The topological polar surface area (TPSA) is 160 Å². The highest BCUT2D eigenvalue weighted by Crippen LogP contribution is 2.28. The molecule has 3 atom stereocenters. The molecule has 0 aliphatic carbocycles. The van der Waals surface area contributed by atoms with Crippen LogP contribution in [0.5, 0.6) is 0 Å². The number of hydrogen-bond donors (Lipinski definition) is 3. The lowest BCUT2D eigenvalue weighted by molar-refractivity contribution is -0.144. The Balaban J connectivity index is 1.19. The number of amides is 4. The normalized spacial score (nSPS) is 19.1. The lowest BCUT2D eigenvalue weighted by Crippen LogP contribution is -2.58. The number of aromatic nitrogens is 1. The number of nitrogens with one attached hydrogen (secondary N) is 2. The van der Waals surface area contributed by atoms with Gasteiger partial charge in [-0.3, -0.25) is 14.4 Å². The Morgan fingerprint density at radius 1 is 1.02 bits per heavy atom. The molecule has 2 aliphatic heterocycles. The van der Waals surface area contributed by atoms with Gasteiger partial charge in [0.25, 0.3) is 0 Å². The predicted octanol–water partition coefficient (Wildman–Crippen LogP) is 3.91. The summed E-state index contributed by atoms with van der Waals surface area (Å²) < 4.78 is 16.8. The lowest BCUT2D eigenvalue weighted by Gasteiger charge is -2.35. The second kappa shape index (κ2) is 17.8. The summed E-state index contributed by atoms with van der Waals surface area (Å²) in [5.74, 6) is -0.933. The summed E-state index contributed by atoms with van der Waals surface area (Å²) in [6, 6.07) is 6.06. The average molecular weight is 730 g/mol. The summed E-state index contributed by atoms with van der Waals surface area (Å²) in [6.45, 7) is 15.3. The van der Waals surface area contributed by atoms with Gasteiger partial charge in [-0.05, 0) is 63.0 Å². The third-order valence-corrected chi connectivity index (χ3v) is 9.91. The summed E-state index contributed by atoms with van der Waals surface area (Å²) in [4.78, 5) is 60.9. The van der Waals surface area contributed by atoms with Crippen LogP contribution in [0.3, 0.4) is 0 Å². The van der Waals surface area contributed by atoms with Crippen LogP contribution in [0.25, 0.3) is 10.4 Å². The largest absolute Gasteiger partial charge is 0.444 e. The number of aliphatic hydroxyl groups is 1. The molecule has 2 fully saturated rings. The van der Waals surface area contributed by atoms with E-state index in [1.165, 1.54) is 4.90 Å². The Hall–Kier alpha value is -3.59. The summed E-state index contributed by atoms with van der Waals surface area (Å²) in [7, 11) is 0. The third kappa shape index (κ3) is 12.0. The van der Waals surface area contributed by atoms with Gasteiger partial charge in [0, 0.05) is 39.2 Å². The molecule has 0 unspecified atom stereocenters. The summed E-state index contributed by atoms with van der Waals surface area (Å²) in [6.07, 6.45) is 0.609. The number of carbonyl (C=O) groups is 4. The summed E-state index contributed by atoms with van der Waals surface area (Å²) in [5, 5.41) is 16.2.